The van der Waals surface area contributed by atoms with Gasteiger partial charge in [0, 0.05) is 0 Å². The van der Waals surface area contributed by atoms with E-state index in [4.69, 9.17) is 4.74 Å². The van der Waals surface area contributed by atoms with Crippen molar-refractivity contribution in [3.8, 4) is 0 Å². The van der Waals surface area contributed by atoms with E-state index in [2.05, 4.69) is 34.6 Å². The molecular weight excluding hydrogens is 176 g/mol. The lowest BCUT2D eigenvalue weighted by molar-refractivity contribution is -0.0156. The third-order valence-corrected chi connectivity index (χ3v) is 2.12. The maximum Gasteiger partial charge on any atom is 0.0776 e. The van der Waals surface area contributed by atoms with E-state index in [0.717, 1.165) is 12.8 Å². The van der Waals surface area contributed by atoms with Crippen molar-refractivity contribution in [3.63, 3.8) is 0 Å². The summed E-state index contributed by atoms with van der Waals surface area (Å²) in [4.78, 5) is 0. The van der Waals surface area contributed by atoms with Crippen LogP contribution in [0.3, 0.4) is 0 Å². The molecule has 0 aromatic carbocycles. The third kappa shape index (κ3) is 8.52. The van der Waals surface area contributed by atoms with E-state index < -0.39 is 0 Å². The summed E-state index contributed by atoms with van der Waals surface area (Å²) < 4.78 is 5.57. The van der Waals surface area contributed by atoms with Crippen molar-refractivity contribution in [1.82, 2.24) is 0 Å². The molecule has 2 heteroatoms. The Morgan fingerprint density at radius 2 is 1.43 bits per heavy atom. The summed E-state index contributed by atoms with van der Waals surface area (Å²) in [5.41, 5.74) is 0. The minimum Gasteiger partial charge on any atom is -0.391 e. The summed E-state index contributed by atoms with van der Waals surface area (Å²) in [6, 6.07) is 0. The van der Waals surface area contributed by atoms with Gasteiger partial charge in [-0.25, -0.2) is 0 Å². The van der Waals surface area contributed by atoms with Gasteiger partial charge < -0.3 is 9.84 Å². The second kappa shape index (κ2) is 7.24. The number of aliphatic hydroxyl groups excluding tert-OH is 1. The molecule has 0 aromatic heterocycles. The van der Waals surface area contributed by atoms with E-state index in [-0.39, 0.29) is 12.2 Å². The molecule has 0 amide bonds. The predicted molar refractivity (Wildman–Crippen MR) is 60.3 cm³/mol. The van der Waals surface area contributed by atoms with E-state index in [1.807, 2.05) is 0 Å². The fourth-order valence-electron chi connectivity index (χ4n) is 1.62. The van der Waals surface area contributed by atoms with Gasteiger partial charge in [0.05, 0.1) is 18.8 Å². The zero-order valence-electron chi connectivity index (χ0n) is 10.3. The van der Waals surface area contributed by atoms with Gasteiger partial charge in [0.1, 0.15) is 0 Å². The normalized spacial score (nSPS) is 16.3. The average molecular weight is 202 g/mol. The highest BCUT2D eigenvalue weighted by molar-refractivity contribution is 4.60. The van der Waals surface area contributed by atoms with E-state index in [0.29, 0.717) is 18.4 Å². The van der Waals surface area contributed by atoms with Gasteiger partial charge >= 0.3 is 0 Å². The van der Waals surface area contributed by atoms with Crippen molar-refractivity contribution in [1.29, 1.82) is 0 Å². The van der Waals surface area contributed by atoms with Crippen LogP contribution < -0.4 is 0 Å². The summed E-state index contributed by atoms with van der Waals surface area (Å²) in [5, 5.41) is 9.58. The number of aliphatic hydroxyl groups is 1. The van der Waals surface area contributed by atoms with Gasteiger partial charge in [-0.2, -0.15) is 0 Å². The smallest absolute Gasteiger partial charge is 0.0776 e. The molecule has 2 nitrogen and oxygen atoms in total. The highest BCUT2D eigenvalue weighted by atomic mass is 16.5. The van der Waals surface area contributed by atoms with Gasteiger partial charge in [0.25, 0.3) is 0 Å². The quantitative estimate of drug-likeness (QED) is 0.688. The molecule has 0 aliphatic carbocycles. The van der Waals surface area contributed by atoms with Crippen molar-refractivity contribution >= 4 is 0 Å². The van der Waals surface area contributed by atoms with Crippen molar-refractivity contribution in [3.05, 3.63) is 0 Å². The van der Waals surface area contributed by atoms with Crippen LogP contribution in [0.15, 0.2) is 0 Å². The first-order chi connectivity index (χ1) is 6.41. The molecule has 0 saturated carbocycles. The lowest BCUT2D eigenvalue weighted by atomic mass is 10.1. The molecule has 0 aliphatic rings. The molecule has 0 radical (unpaired) electrons. The minimum absolute atomic E-state index is 0.261. The van der Waals surface area contributed by atoms with Gasteiger partial charge in [-0.05, 0) is 31.6 Å². The lowest BCUT2D eigenvalue weighted by Gasteiger charge is -2.18. The average Bonchev–Trinajstić information content (AvgIpc) is 1.98. The molecule has 0 bridgehead atoms. The van der Waals surface area contributed by atoms with E-state index in [1.54, 1.807) is 0 Å². The number of hydrogen-bond acceptors (Lipinski definition) is 2. The maximum atomic E-state index is 9.58. The van der Waals surface area contributed by atoms with Crippen LogP contribution in [-0.4, -0.2) is 23.9 Å². The Balaban J connectivity index is 3.50. The van der Waals surface area contributed by atoms with Crippen LogP contribution in [0.4, 0.5) is 0 Å². The Bertz CT molecular complexity index is 116. The Hall–Kier alpha value is -0.0800. The van der Waals surface area contributed by atoms with Gasteiger partial charge in [0.2, 0.25) is 0 Å². The lowest BCUT2D eigenvalue weighted by Crippen LogP contribution is -2.22. The van der Waals surface area contributed by atoms with Crippen LogP contribution >= 0.6 is 0 Å². The van der Waals surface area contributed by atoms with Crippen molar-refractivity contribution in [2.45, 2.75) is 59.7 Å². The number of hydrogen-bond donors (Lipinski definition) is 1. The van der Waals surface area contributed by atoms with Crippen LogP contribution in [0.1, 0.15) is 47.5 Å². The standard InChI is InChI=1S/C12H26O2/c1-9(2)6-11(5)14-8-12(13)7-10(3)4/h9-13H,6-8H2,1-5H3. The first-order valence-electron chi connectivity index (χ1n) is 5.71. The van der Waals surface area contributed by atoms with Crippen LogP contribution in [0.5, 0.6) is 0 Å². The number of ether oxygens (including phenoxy) is 1. The molecule has 0 spiro atoms. The predicted octanol–water partition coefficient (Wildman–Crippen LogP) is 2.84. The topological polar surface area (TPSA) is 29.5 Å². The van der Waals surface area contributed by atoms with Crippen molar-refractivity contribution < 1.29 is 9.84 Å². The number of rotatable bonds is 7. The van der Waals surface area contributed by atoms with Gasteiger partial charge in [-0.15, -0.1) is 0 Å². The third-order valence-electron chi connectivity index (χ3n) is 2.12. The molecule has 0 aromatic rings. The molecule has 86 valence electrons. The summed E-state index contributed by atoms with van der Waals surface area (Å²) in [6.07, 6.45) is 1.85. The second-order valence-electron chi connectivity index (χ2n) is 5.06. The summed E-state index contributed by atoms with van der Waals surface area (Å²) in [6.45, 7) is 11.1. The highest BCUT2D eigenvalue weighted by Gasteiger charge is 2.10. The zero-order chi connectivity index (χ0) is 11.1. The highest BCUT2D eigenvalue weighted by Crippen LogP contribution is 2.10. The molecule has 0 fully saturated rings. The van der Waals surface area contributed by atoms with Crippen molar-refractivity contribution in [2.75, 3.05) is 6.61 Å². The summed E-state index contributed by atoms with van der Waals surface area (Å²) in [5.74, 6) is 1.20. The molecule has 2 atom stereocenters. The second-order valence-corrected chi connectivity index (χ2v) is 5.06. The monoisotopic (exact) mass is 202 g/mol. The van der Waals surface area contributed by atoms with Gasteiger partial charge in [-0.1, -0.05) is 27.7 Å². The Kier molecular flexibility index (Phi) is 7.20. The molecule has 0 saturated heterocycles. The fourth-order valence-corrected chi connectivity index (χ4v) is 1.62. The largest absolute Gasteiger partial charge is 0.391 e. The first kappa shape index (κ1) is 13.9. The van der Waals surface area contributed by atoms with E-state index in [1.165, 1.54) is 0 Å². The molecule has 2 unspecified atom stereocenters. The summed E-state index contributed by atoms with van der Waals surface area (Å²) in [7, 11) is 0. The SMILES string of the molecule is CC(C)CC(O)COC(C)CC(C)C. The fraction of sp³-hybridized carbons (Fsp3) is 1.00. The molecule has 1 N–H and O–H groups in total. The zero-order valence-corrected chi connectivity index (χ0v) is 10.3. The molecular formula is C12H26O2. The van der Waals surface area contributed by atoms with E-state index in [9.17, 15) is 5.11 Å². The molecule has 14 heavy (non-hydrogen) atoms. The van der Waals surface area contributed by atoms with E-state index >= 15 is 0 Å². The Morgan fingerprint density at radius 3 is 1.86 bits per heavy atom. The Labute approximate surface area is 88.7 Å². The van der Waals surface area contributed by atoms with Crippen LogP contribution in [0, 0.1) is 11.8 Å². The molecule has 0 rings (SSSR count). The van der Waals surface area contributed by atoms with Crippen LogP contribution in [-0.2, 0) is 4.74 Å². The Morgan fingerprint density at radius 1 is 0.929 bits per heavy atom. The van der Waals surface area contributed by atoms with Gasteiger partial charge in [0.15, 0.2) is 0 Å². The minimum atomic E-state index is -0.301. The van der Waals surface area contributed by atoms with Crippen molar-refractivity contribution in [2.24, 2.45) is 11.8 Å². The molecule has 0 heterocycles. The molecule has 0 aliphatic heterocycles. The summed E-state index contributed by atoms with van der Waals surface area (Å²) >= 11 is 0. The maximum absolute atomic E-state index is 9.58. The van der Waals surface area contributed by atoms with Gasteiger partial charge in [-0.3, -0.25) is 0 Å². The first-order valence-corrected chi connectivity index (χ1v) is 5.71. The van der Waals surface area contributed by atoms with Crippen LogP contribution in [0.2, 0.25) is 0 Å². The van der Waals surface area contributed by atoms with Crippen LogP contribution in [0.25, 0.3) is 0 Å².